The number of nitrogens with one attached hydrogen (secondary N) is 1. The van der Waals surface area contributed by atoms with Crippen LogP contribution in [0.25, 0.3) is 0 Å². The zero-order valence-corrected chi connectivity index (χ0v) is 12.9. The van der Waals surface area contributed by atoms with E-state index in [1.807, 2.05) is 0 Å². The van der Waals surface area contributed by atoms with E-state index in [-0.39, 0.29) is 0 Å². The van der Waals surface area contributed by atoms with E-state index in [1.165, 1.54) is 44.6 Å². The number of piperazine rings is 1. The van der Waals surface area contributed by atoms with Gasteiger partial charge in [0.25, 0.3) is 0 Å². The summed E-state index contributed by atoms with van der Waals surface area (Å²) in [6.07, 6.45) is 4.93. The Bertz CT molecular complexity index is 449. The van der Waals surface area contributed by atoms with Crippen LogP contribution in [0.15, 0.2) is 42.0 Å². The predicted molar refractivity (Wildman–Crippen MR) is 88.3 cm³/mol. The van der Waals surface area contributed by atoms with E-state index >= 15 is 0 Å². The molecule has 3 nitrogen and oxygen atoms in total. The van der Waals surface area contributed by atoms with Gasteiger partial charge in [0, 0.05) is 52.4 Å². The molecule has 21 heavy (non-hydrogen) atoms. The van der Waals surface area contributed by atoms with Gasteiger partial charge in [-0.1, -0.05) is 42.0 Å². The lowest BCUT2D eigenvalue weighted by Crippen LogP contribution is -2.44. The molecule has 1 aromatic carbocycles. The van der Waals surface area contributed by atoms with E-state index in [9.17, 15) is 0 Å². The first-order chi connectivity index (χ1) is 10.4. The second-order valence-corrected chi connectivity index (χ2v) is 6.19. The SMILES string of the molecule is C1=C(CCN2CCNCC2)CN(Cc2ccccc2)CC1. The lowest BCUT2D eigenvalue weighted by molar-refractivity contribution is 0.234. The van der Waals surface area contributed by atoms with Crippen LogP contribution in [0.5, 0.6) is 0 Å². The van der Waals surface area contributed by atoms with Crippen LogP contribution in [0.1, 0.15) is 18.4 Å². The van der Waals surface area contributed by atoms with Gasteiger partial charge in [0.1, 0.15) is 0 Å². The third-order valence-corrected chi connectivity index (χ3v) is 4.51. The Labute approximate surface area is 128 Å². The third-order valence-electron chi connectivity index (χ3n) is 4.51. The molecule has 0 atom stereocenters. The van der Waals surface area contributed by atoms with Gasteiger partial charge >= 0.3 is 0 Å². The topological polar surface area (TPSA) is 18.5 Å². The summed E-state index contributed by atoms with van der Waals surface area (Å²) in [6, 6.07) is 10.8. The second-order valence-electron chi connectivity index (χ2n) is 6.19. The monoisotopic (exact) mass is 285 g/mol. The summed E-state index contributed by atoms with van der Waals surface area (Å²) in [5.41, 5.74) is 3.07. The summed E-state index contributed by atoms with van der Waals surface area (Å²) >= 11 is 0. The Morgan fingerprint density at radius 3 is 2.57 bits per heavy atom. The van der Waals surface area contributed by atoms with Crippen LogP contribution in [0, 0.1) is 0 Å². The first-order valence-corrected chi connectivity index (χ1v) is 8.27. The highest BCUT2D eigenvalue weighted by Gasteiger charge is 2.15. The van der Waals surface area contributed by atoms with Crippen molar-refractivity contribution >= 4 is 0 Å². The van der Waals surface area contributed by atoms with Crippen LogP contribution in [0.2, 0.25) is 0 Å². The smallest absolute Gasteiger partial charge is 0.0237 e. The summed E-state index contributed by atoms with van der Waals surface area (Å²) in [4.78, 5) is 5.18. The third kappa shape index (κ3) is 4.67. The number of hydrogen-bond acceptors (Lipinski definition) is 3. The minimum Gasteiger partial charge on any atom is -0.314 e. The zero-order chi connectivity index (χ0) is 14.3. The standard InChI is InChI=1S/C18H27N3/c1-2-5-17(6-3-1)15-21-11-4-7-18(16-21)8-12-20-13-9-19-10-14-20/h1-3,5-7,19H,4,8-16H2. The summed E-state index contributed by atoms with van der Waals surface area (Å²) in [7, 11) is 0. The summed E-state index contributed by atoms with van der Waals surface area (Å²) in [5.74, 6) is 0. The molecule has 2 heterocycles. The van der Waals surface area contributed by atoms with Gasteiger partial charge in [-0.3, -0.25) is 4.90 Å². The summed E-state index contributed by atoms with van der Waals surface area (Å²) < 4.78 is 0. The Kier molecular flexibility index (Phi) is 5.44. The molecule has 0 bridgehead atoms. The van der Waals surface area contributed by atoms with Crippen LogP contribution in [0.3, 0.4) is 0 Å². The molecule has 0 amide bonds. The van der Waals surface area contributed by atoms with Gasteiger partial charge in [-0.05, 0) is 18.4 Å². The molecule has 1 N–H and O–H groups in total. The minimum atomic E-state index is 1.09. The van der Waals surface area contributed by atoms with Gasteiger partial charge in [-0.25, -0.2) is 0 Å². The molecular formula is C18H27N3. The van der Waals surface area contributed by atoms with Gasteiger partial charge in [-0.15, -0.1) is 0 Å². The minimum absolute atomic E-state index is 1.09. The molecule has 0 radical (unpaired) electrons. The normalized spacial score (nSPS) is 21.2. The molecule has 0 unspecified atom stereocenters. The van der Waals surface area contributed by atoms with Crippen molar-refractivity contribution in [2.75, 3.05) is 45.8 Å². The molecule has 2 aliphatic heterocycles. The van der Waals surface area contributed by atoms with Crippen molar-refractivity contribution in [2.24, 2.45) is 0 Å². The fraction of sp³-hybridized carbons (Fsp3) is 0.556. The molecule has 3 rings (SSSR count). The molecule has 0 aromatic heterocycles. The Morgan fingerprint density at radius 2 is 1.76 bits per heavy atom. The van der Waals surface area contributed by atoms with Crippen LogP contribution < -0.4 is 5.32 Å². The Hall–Kier alpha value is -1.16. The fourth-order valence-corrected chi connectivity index (χ4v) is 3.28. The largest absolute Gasteiger partial charge is 0.314 e. The average molecular weight is 285 g/mol. The molecule has 0 spiro atoms. The van der Waals surface area contributed by atoms with E-state index < -0.39 is 0 Å². The number of benzene rings is 1. The number of hydrogen-bond donors (Lipinski definition) is 1. The van der Waals surface area contributed by atoms with Gasteiger partial charge in [0.05, 0.1) is 0 Å². The van der Waals surface area contributed by atoms with Crippen LogP contribution in [0.4, 0.5) is 0 Å². The maximum Gasteiger partial charge on any atom is 0.0237 e. The lowest BCUT2D eigenvalue weighted by atomic mass is 10.1. The van der Waals surface area contributed by atoms with Gasteiger partial charge < -0.3 is 10.2 Å². The van der Waals surface area contributed by atoms with Crippen LogP contribution in [-0.2, 0) is 6.54 Å². The van der Waals surface area contributed by atoms with Gasteiger partial charge in [0.15, 0.2) is 0 Å². The highest BCUT2D eigenvalue weighted by atomic mass is 15.2. The van der Waals surface area contributed by atoms with Crippen molar-refractivity contribution in [3.05, 3.63) is 47.5 Å². The van der Waals surface area contributed by atoms with Gasteiger partial charge in [0.2, 0.25) is 0 Å². The van der Waals surface area contributed by atoms with E-state index in [0.717, 1.165) is 26.2 Å². The van der Waals surface area contributed by atoms with E-state index in [4.69, 9.17) is 0 Å². The molecule has 1 saturated heterocycles. The van der Waals surface area contributed by atoms with Crippen molar-refractivity contribution in [3.8, 4) is 0 Å². The van der Waals surface area contributed by atoms with Crippen molar-refractivity contribution in [3.63, 3.8) is 0 Å². The highest BCUT2D eigenvalue weighted by molar-refractivity contribution is 5.16. The van der Waals surface area contributed by atoms with Crippen molar-refractivity contribution < 1.29 is 0 Å². The van der Waals surface area contributed by atoms with Crippen molar-refractivity contribution in [1.82, 2.24) is 15.1 Å². The van der Waals surface area contributed by atoms with E-state index in [2.05, 4.69) is 51.5 Å². The Morgan fingerprint density at radius 1 is 0.952 bits per heavy atom. The number of nitrogens with zero attached hydrogens (tertiary/aromatic N) is 2. The lowest BCUT2D eigenvalue weighted by Gasteiger charge is -2.30. The van der Waals surface area contributed by atoms with Crippen molar-refractivity contribution in [2.45, 2.75) is 19.4 Å². The fourth-order valence-electron chi connectivity index (χ4n) is 3.28. The first-order valence-electron chi connectivity index (χ1n) is 8.27. The predicted octanol–water partition coefficient (Wildman–Crippen LogP) is 2.11. The zero-order valence-electron chi connectivity index (χ0n) is 12.9. The van der Waals surface area contributed by atoms with Gasteiger partial charge in [-0.2, -0.15) is 0 Å². The molecule has 0 aliphatic carbocycles. The number of rotatable bonds is 5. The molecule has 0 saturated carbocycles. The van der Waals surface area contributed by atoms with E-state index in [1.54, 1.807) is 5.57 Å². The summed E-state index contributed by atoms with van der Waals surface area (Å²) in [6.45, 7) is 9.39. The maximum absolute atomic E-state index is 3.42. The van der Waals surface area contributed by atoms with Crippen LogP contribution in [-0.4, -0.2) is 55.6 Å². The Balaban J connectivity index is 1.45. The quantitative estimate of drug-likeness (QED) is 0.836. The molecular weight excluding hydrogens is 258 g/mol. The molecule has 3 heteroatoms. The molecule has 1 aromatic rings. The van der Waals surface area contributed by atoms with E-state index in [0.29, 0.717) is 0 Å². The van der Waals surface area contributed by atoms with Crippen LogP contribution >= 0.6 is 0 Å². The molecule has 1 fully saturated rings. The maximum atomic E-state index is 3.42. The molecule has 2 aliphatic rings. The van der Waals surface area contributed by atoms with Crippen molar-refractivity contribution in [1.29, 1.82) is 0 Å². The molecule has 114 valence electrons. The average Bonchev–Trinajstić information content (AvgIpc) is 2.55. The first kappa shape index (κ1) is 14.8. The highest BCUT2D eigenvalue weighted by Crippen LogP contribution is 2.16. The second kappa shape index (κ2) is 7.74. The summed E-state index contributed by atoms with van der Waals surface area (Å²) in [5, 5.41) is 3.42.